The number of fused-ring (bicyclic) bond motifs is 1. The Labute approximate surface area is 190 Å². The van der Waals surface area contributed by atoms with Crippen LogP contribution >= 0.6 is 23.1 Å². The third-order valence-electron chi connectivity index (χ3n) is 5.47. The molecule has 0 bridgehead atoms. The molecule has 3 aromatic heterocycles. The second kappa shape index (κ2) is 8.24. The molecule has 6 nitrogen and oxygen atoms in total. The summed E-state index contributed by atoms with van der Waals surface area (Å²) in [6.45, 7) is 13.5. The summed E-state index contributed by atoms with van der Waals surface area (Å²) in [6, 6.07) is 8.54. The van der Waals surface area contributed by atoms with E-state index in [1.165, 1.54) is 17.3 Å². The van der Waals surface area contributed by atoms with E-state index in [4.69, 9.17) is 0 Å². The number of H-pyrrole nitrogens is 1. The average molecular weight is 454 g/mol. The molecule has 1 aromatic carbocycles. The van der Waals surface area contributed by atoms with Crippen molar-refractivity contribution in [1.29, 1.82) is 0 Å². The van der Waals surface area contributed by atoms with Gasteiger partial charge in [0.2, 0.25) is 0 Å². The highest BCUT2D eigenvalue weighted by atomic mass is 32.2. The maximum Gasteiger partial charge on any atom is 0.259 e. The Balaban J connectivity index is 1.58. The van der Waals surface area contributed by atoms with Crippen molar-refractivity contribution in [3.63, 3.8) is 0 Å². The average Bonchev–Trinajstić information content (AvgIpc) is 3.26. The lowest BCUT2D eigenvalue weighted by molar-refractivity contribution is 0.590. The minimum Gasteiger partial charge on any atom is -0.309 e. The van der Waals surface area contributed by atoms with Crippen molar-refractivity contribution in [2.75, 3.05) is 0 Å². The summed E-state index contributed by atoms with van der Waals surface area (Å²) in [5, 5.41) is 10.4. The van der Waals surface area contributed by atoms with Crippen LogP contribution < -0.4 is 5.56 Å². The molecule has 0 saturated carbocycles. The second-order valence-corrected chi connectivity index (χ2v) is 10.8. The Morgan fingerprint density at radius 2 is 1.84 bits per heavy atom. The largest absolute Gasteiger partial charge is 0.309 e. The number of rotatable bonds is 5. The van der Waals surface area contributed by atoms with E-state index in [0.717, 1.165) is 38.4 Å². The van der Waals surface area contributed by atoms with E-state index in [0.29, 0.717) is 17.0 Å². The van der Waals surface area contributed by atoms with E-state index in [-0.39, 0.29) is 11.0 Å². The lowest BCUT2D eigenvalue weighted by Crippen LogP contribution is -2.11. The fourth-order valence-corrected chi connectivity index (χ4v) is 5.44. The van der Waals surface area contributed by atoms with E-state index < -0.39 is 0 Å². The normalized spacial score (nSPS) is 12.1. The molecule has 0 spiro atoms. The molecule has 0 amide bonds. The van der Waals surface area contributed by atoms with Crippen LogP contribution in [-0.2, 0) is 17.7 Å². The van der Waals surface area contributed by atoms with Gasteiger partial charge in [-0.2, -0.15) is 0 Å². The molecule has 1 N–H and O–H groups in total. The fraction of sp³-hybridized carbons (Fsp3) is 0.391. The zero-order valence-corrected chi connectivity index (χ0v) is 20.4. The highest BCUT2D eigenvalue weighted by Crippen LogP contribution is 2.29. The number of benzene rings is 1. The lowest BCUT2D eigenvalue weighted by atomic mass is 9.87. The van der Waals surface area contributed by atoms with Gasteiger partial charge in [0, 0.05) is 17.0 Å². The first-order valence-electron chi connectivity index (χ1n) is 10.3. The van der Waals surface area contributed by atoms with Gasteiger partial charge in [-0.1, -0.05) is 56.8 Å². The van der Waals surface area contributed by atoms with Crippen LogP contribution in [0.15, 0.2) is 34.2 Å². The van der Waals surface area contributed by atoms with E-state index in [2.05, 4.69) is 76.7 Å². The van der Waals surface area contributed by atoms with E-state index in [9.17, 15) is 4.79 Å². The summed E-state index contributed by atoms with van der Waals surface area (Å²) in [5.41, 5.74) is 3.40. The van der Waals surface area contributed by atoms with E-state index in [1.54, 1.807) is 11.3 Å². The minimum absolute atomic E-state index is 0.0703. The Kier molecular flexibility index (Phi) is 5.79. The lowest BCUT2D eigenvalue weighted by Gasteiger charge is -2.19. The summed E-state index contributed by atoms with van der Waals surface area (Å²) >= 11 is 3.10. The van der Waals surface area contributed by atoms with Crippen LogP contribution in [-0.4, -0.2) is 24.7 Å². The zero-order valence-electron chi connectivity index (χ0n) is 18.7. The van der Waals surface area contributed by atoms with Crippen molar-refractivity contribution in [2.24, 2.45) is 0 Å². The van der Waals surface area contributed by atoms with Gasteiger partial charge in [-0.3, -0.25) is 4.79 Å². The van der Waals surface area contributed by atoms with Gasteiger partial charge in [0.05, 0.1) is 11.1 Å². The topological polar surface area (TPSA) is 76.5 Å². The molecule has 31 heavy (non-hydrogen) atoms. The first kappa shape index (κ1) is 21.8. The summed E-state index contributed by atoms with van der Waals surface area (Å²) in [5.74, 6) is 2.04. The molecule has 4 rings (SSSR count). The van der Waals surface area contributed by atoms with Crippen molar-refractivity contribution < 1.29 is 0 Å². The van der Waals surface area contributed by atoms with Gasteiger partial charge < -0.3 is 9.55 Å². The first-order chi connectivity index (χ1) is 14.7. The first-order valence-corrected chi connectivity index (χ1v) is 12.1. The third kappa shape index (κ3) is 4.19. The molecule has 3 heterocycles. The highest BCUT2D eigenvalue weighted by Gasteiger charge is 2.17. The second-order valence-electron chi connectivity index (χ2n) is 8.64. The predicted octanol–water partition coefficient (Wildman–Crippen LogP) is 5.47. The van der Waals surface area contributed by atoms with Crippen molar-refractivity contribution in [3.8, 4) is 11.4 Å². The summed E-state index contributed by atoms with van der Waals surface area (Å²) < 4.78 is 2.10. The Hall–Kier alpha value is -2.45. The van der Waals surface area contributed by atoms with E-state index >= 15 is 0 Å². The molecular weight excluding hydrogens is 426 g/mol. The fourth-order valence-electron chi connectivity index (χ4n) is 3.51. The molecule has 0 aliphatic carbocycles. The number of hydrogen-bond acceptors (Lipinski definition) is 6. The summed E-state index contributed by atoms with van der Waals surface area (Å²) in [4.78, 5) is 22.1. The Bertz CT molecular complexity index is 1290. The molecule has 0 aliphatic rings. The van der Waals surface area contributed by atoms with Crippen LogP contribution in [0.1, 0.15) is 49.5 Å². The summed E-state index contributed by atoms with van der Waals surface area (Å²) in [7, 11) is 0. The van der Waals surface area contributed by atoms with Gasteiger partial charge >= 0.3 is 0 Å². The van der Waals surface area contributed by atoms with Gasteiger partial charge in [0.25, 0.3) is 5.56 Å². The molecule has 4 aromatic rings. The van der Waals surface area contributed by atoms with Crippen molar-refractivity contribution in [2.45, 2.75) is 64.4 Å². The van der Waals surface area contributed by atoms with Crippen LogP contribution in [0.25, 0.3) is 21.6 Å². The van der Waals surface area contributed by atoms with Gasteiger partial charge in [0.15, 0.2) is 11.0 Å². The maximum absolute atomic E-state index is 12.5. The number of aromatic nitrogens is 5. The minimum atomic E-state index is -0.0703. The zero-order chi connectivity index (χ0) is 22.3. The number of nitrogens with one attached hydrogen (secondary N) is 1. The molecule has 0 unspecified atom stereocenters. The van der Waals surface area contributed by atoms with Gasteiger partial charge in [-0.25, -0.2) is 4.98 Å². The van der Waals surface area contributed by atoms with Crippen molar-refractivity contribution >= 4 is 33.3 Å². The van der Waals surface area contributed by atoms with Crippen LogP contribution in [0.3, 0.4) is 0 Å². The van der Waals surface area contributed by atoms with E-state index in [1.807, 2.05) is 13.8 Å². The molecule has 0 radical (unpaired) electrons. The van der Waals surface area contributed by atoms with Crippen LogP contribution in [0.5, 0.6) is 0 Å². The molecule has 0 aliphatic heterocycles. The van der Waals surface area contributed by atoms with Gasteiger partial charge in [-0.05, 0) is 37.3 Å². The maximum atomic E-state index is 12.5. The van der Waals surface area contributed by atoms with Crippen molar-refractivity contribution in [3.05, 3.63) is 56.4 Å². The quantitative estimate of drug-likeness (QED) is 0.406. The monoisotopic (exact) mass is 453 g/mol. The SMILES string of the molecule is CCn1c(SCc2nc3sc(C)c(C)c3c(=O)[nH]2)nnc1-c1ccc(C(C)(C)C)cc1. The number of thiophene rings is 1. The number of thioether (sulfide) groups is 1. The van der Waals surface area contributed by atoms with Crippen LogP contribution in [0.4, 0.5) is 0 Å². The Morgan fingerprint density at radius 3 is 2.48 bits per heavy atom. The molecule has 0 fully saturated rings. The van der Waals surface area contributed by atoms with Crippen LogP contribution in [0.2, 0.25) is 0 Å². The van der Waals surface area contributed by atoms with Gasteiger partial charge in [-0.15, -0.1) is 21.5 Å². The number of hydrogen-bond donors (Lipinski definition) is 1. The predicted molar refractivity (Wildman–Crippen MR) is 129 cm³/mol. The third-order valence-corrected chi connectivity index (χ3v) is 7.55. The number of nitrogens with zero attached hydrogens (tertiary/aromatic N) is 4. The van der Waals surface area contributed by atoms with Crippen molar-refractivity contribution in [1.82, 2.24) is 24.7 Å². The Morgan fingerprint density at radius 1 is 1.13 bits per heavy atom. The smallest absolute Gasteiger partial charge is 0.259 e. The van der Waals surface area contributed by atoms with Crippen LogP contribution in [0, 0.1) is 13.8 Å². The molecule has 8 heteroatoms. The number of aryl methyl sites for hydroxylation is 2. The van der Waals surface area contributed by atoms with Gasteiger partial charge in [0.1, 0.15) is 10.7 Å². The number of aromatic amines is 1. The molecular formula is C23H27N5OS2. The summed E-state index contributed by atoms with van der Waals surface area (Å²) in [6.07, 6.45) is 0. The standard InChI is InChI=1S/C23H27N5OS2/c1-7-28-19(15-8-10-16(11-9-15)23(4,5)6)26-27-22(28)30-12-17-24-20(29)18-13(2)14(3)31-21(18)25-17/h8-11H,7,12H2,1-6H3,(H,24,25,29). The molecule has 0 saturated heterocycles. The highest BCUT2D eigenvalue weighted by molar-refractivity contribution is 7.98. The molecule has 162 valence electrons. The molecule has 0 atom stereocenters.